The molecule has 0 amide bonds. The first-order chi connectivity index (χ1) is 15.3. The number of thiophene rings is 1. The molecule has 3 aromatic heterocycles. The summed E-state index contributed by atoms with van der Waals surface area (Å²) >= 11 is 1.70. The largest absolute Gasteiger partial charge is 0.366 e. The van der Waals surface area contributed by atoms with Gasteiger partial charge in [0.15, 0.2) is 5.82 Å². The summed E-state index contributed by atoms with van der Waals surface area (Å²) in [5.41, 5.74) is 3.23. The minimum Gasteiger partial charge on any atom is -0.366 e. The number of nitrogens with zero attached hydrogens (tertiary/aromatic N) is 3. The Kier molecular flexibility index (Phi) is 5.80. The van der Waals surface area contributed by atoms with Crippen molar-refractivity contribution in [2.75, 3.05) is 10.6 Å². The maximum Gasteiger partial charge on any atom is 0.162 e. The molecule has 4 aromatic rings. The molecule has 1 aliphatic rings. The third-order valence-electron chi connectivity index (χ3n) is 5.95. The van der Waals surface area contributed by atoms with Gasteiger partial charge in [-0.1, -0.05) is 50.1 Å². The second kappa shape index (κ2) is 9.02. The zero-order chi connectivity index (χ0) is 21.0. The van der Waals surface area contributed by atoms with Crippen LogP contribution in [0.4, 0.5) is 11.6 Å². The second-order valence-corrected chi connectivity index (χ2v) is 9.02. The summed E-state index contributed by atoms with van der Waals surface area (Å²) in [6.07, 6.45) is 7.83. The summed E-state index contributed by atoms with van der Waals surface area (Å²) in [4.78, 5) is 14.3. The van der Waals surface area contributed by atoms with Crippen molar-refractivity contribution >= 4 is 33.2 Å². The van der Waals surface area contributed by atoms with Crippen LogP contribution >= 0.6 is 11.3 Å². The Labute approximate surface area is 187 Å². The molecular weight excluding hydrogens is 402 g/mol. The lowest BCUT2D eigenvalue weighted by molar-refractivity contribution is 0.744. The quantitative estimate of drug-likeness (QED) is 0.343. The second-order valence-electron chi connectivity index (χ2n) is 8.10. The van der Waals surface area contributed by atoms with Gasteiger partial charge < -0.3 is 10.6 Å². The molecule has 1 saturated carbocycles. The minimum absolute atomic E-state index is 0.212. The number of benzene rings is 1. The van der Waals surface area contributed by atoms with Gasteiger partial charge in [-0.2, -0.15) is 0 Å². The van der Waals surface area contributed by atoms with Gasteiger partial charge in [-0.25, -0.2) is 15.0 Å². The van der Waals surface area contributed by atoms with Crippen LogP contribution in [0.1, 0.15) is 50.6 Å². The minimum atomic E-state index is 0.212. The molecule has 1 aliphatic carbocycles. The number of nitrogens with one attached hydrogen (secondary N) is 2. The fraction of sp³-hybridized carbons (Fsp3) is 0.320. The van der Waals surface area contributed by atoms with Crippen LogP contribution in [0, 0.1) is 0 Å². The number of hydrogen-bond donors (Lipinski definition) is 2. The normalized spacial score (nSPS) is 15.3. The Morgan fingerprint density at radius 2 is 1.90 bits per heavy atom. The van der Waals surface area contributed by atoms with Gasteiger partial charge in [-0.3, -0.25) is 0 Å². The third kappa shape index (κ3) is 4.39. The molecule has 0 spiro atoms. The molecular formula is C25H27N5S. The molecule has 0 saturated heterocycles. The number of anilines is 2. The Balaban J connectivity index is 1.45. The molecule has 5 nitrogen and oxygen atoms in total. The average Bonchev–Trinajstić information content (AvgIpc) is 3.50. The lowest BCUT2D eigenvalue weighted by atomic mass is 10.0. The lowest BCUT2D eigenvalue weighted by Crippen LogP contribution is -2.16. The highest BCUT2D eigenvalue weighted by atomic mass is 32.1. The van der Waals surface area contributed by atoms with E-state index in [9.17, 15) is 0 Å². The van der Waals surface area contributed by atoms with Crippen molar-refractivity contribution in [3.05, 3.63) is 65.7 Å². The van der Waals surface area contributed by atoms with E-state index in [0.717, 1.165) is 39.7 Å². The summed E-state index contributed by atoms with van der Waals surface area (Å²) in [6, 6.07) is 17.3. The van der Waals surface area contributed by atoms with Crippen molar-refractivity contribution in [3.63, 3.8) is 0 Å². The van der Waals surface area contributed by atoms with Gasteiger partial charge >= 0.3 is 0 Å². The van der Waals surface area contributed by atoms with Crippen molar-refractivity contribution in [1.29, 1.82) is 0 Å². The van der Waals surface area contributed by atoms with E-state index >= 15 is 0 Å². The van der Waals surface area contributed by atoms with E-state index in [1.165, 1.54) is 31.2 Å². The van der Waals surface area contributed by atoms with Crippen molar-refractivity contribution in [2.24, 2.45) is 0 Å². The maximum absolute atomic E-state index is 4.94. The Morgan fingerprint density at radius 1 is 1.06 bits per heavy atom. The molecule has 6 heteroatoms. The molecule has 1 atom stereocenters. The zero-order valence-electron chi connectivity index (χ0n) is 17.7. The fourth-order valence-electron chi connectivity index (χ4n) is 4.29. The molecule has 31 heavy (non-hydrogen) atoms. The van der Waals surface area contributed by atoms with Gasteiger partial charge in [0.1, 0.15) is 11.6 Å². The van der Waals surface area contributed by atoms with Crippen LogP contribution in [0.2, 0.25) is 0 Å². The molecule has 2 N–H and O–H groups in total. The number of rotatable bonds is 7. The van der Waals surface area contributed by atoms with E-state index in [1.54, 1.807) is 11.3 Å². The van der Waals surface area contributed by atoms with E-state index in [4.69, 9.17) is 9.97 Å². The van der Waals surface area contributed by atoms with Crippen molar-refractivity contribution in [2.45, 2.75) is 51.1 Å². The van der Waals surface area contributed by atoms with Crippen LogP contribution in [0.3, 0.4) is 0 Å². The fourth-order valence-corrected chi connectivity index (χ4v) is 5.07. The van der Waals surface area contributed by atoms with Crippen molar-refractivity contribution in [3.8, 4) is 11.4 Å². The molecule has 0 radical (unpaired) electrons. The van der Waals surface area contributed by atoms with E-state index < -0.39 is 0 Å². The van der Waals surface area contributed by atoms with E-state index in [-0.39, 0.29) is 6.04 Å². The molecule has 5 rings (SSSR count). The van der Waals surface area contributed by atoms with E-state index in [2.05, 4.69) is 64.3 Å². The lowest BCUT2D eigenvalue weighted by Gasteiger charge is -2.18. The van der Waals surface area contributed by atoms with E-state index in [1.807, 2.05) is 18.3 Å². The molecule has 158 valence electrons. The first-order valence-corrected chi connectivity index (χ1v) is 12.0. The molecule has 1 aromatic carbocycles. The molecule has 3 heterocycles. The third-order valence-corrected chi connectivity index (χ3v) is 6.86. The van der Waals surface area contributed by atoms with Gasteiger partial charge in [-0.05, 0) is 48.4 Å². The smallest absolute Gasteiger partial charge is 0.162 e. The van der Waals surface area contributed by atoms with E-state index in [0.29, 0.717) is 6.04 Å². The molecule has 1 fully saturated rings. The summed E-state index contributed by atoms with van der Waals surface area (Å²) in [6.45, 7) is 2.18. The monoisotopic (exact) mass is 429 g/mol. The van der Waals surface area contributed by atoms with Gasteiger partial charge in [-0.15, -0.1) is 11.3 Å². The van der Waals surface area contributed by atoms with Crippen LogP contribution in [0.5, 0.6) is 0 Å². The van der Waals surface area contributed by atoms with Gasteiger partial charge in [0.25, 0.3) is 0 Å². The maximum atomic E-state index is 4.94. The molecule has 0 aliphatic heterocycles. The first-order valence-electron chi connectivity index (χ1n) is 11.1. The van der Waals surface area contributed by atoms with Crippen LogP contribution in [-0.2, 0) is 0 Å². The summed E-state index contributed by atoms with van der Waals surface area (Å²) in [7, 11) is 0. The molecule has 0 bridgehead atoms. The Bertz CT molecular complexity index is 1150. The van der Waals surface area contributed by atoms with Gasteiger partial charge in [0.05, 0.1) is 16.3 Å². The summed E-state index contributed by atoms with van der Waals surface area (Å²) < 4.78 is 1.14. The van der Waals surface area contributed by atoms with Crippen molar-refractivity contribution in [1.82, 2.24) is 15.0 Å². The highest BCUT2D eigenvalue weighted by molar-refractivity contribution is 7.17. The topological polar surface area (TPSA) is 62.7 Å². The van der Waals surface area contributed by atoms with Crippen LogP contribution in [0.15, 0.2) is 60.1 Å². The average molecular weight is 430 g/mol. The predicted molar refractivity (Wildman–Crippen MR) is 130 cm³/mol. The Morgan fingerprint density at radius 3 is 2.71 bits per heavy atom. The molecule has 0 unspecified atom stereocenters. The number of pyridine rings is 1. The first kappa shape index (κ1) is 19.9. The highest BCUT2D eigenvalue weighted by Crippen LogP contribution is 2.32. The number of fused-ring (bicyclic) bond motifs is 1. The van der Waals surface area contributed by atoms with Crippen LogP contribution in [0.25, 0.3) is 21.6 Å². The van der Waals surface area contributed by atoms with Gasteiger partial charge in [0, 0.05) is 17.8 Å². The Hall–Kier alpha value is -2.99. The van der Waals surface area contributed by atoms with Gasteiger partial charge in [0.2, 0.25) is 0 Å². The highest BCUT2D eigenvalue weighted by Gasteiger charge is 2.18. The summed E-state index contributed by atoms with van der Waals surface area (Å²) in [5, 5.41) is 9.36. The number of hydrogen-bond acceptors (Lipinski definition) is 6. The van der Waals surface area contributed by atoms with Crippen molar-refractivity contribution < 1.29 is 0 Å². The zero-order valence-corrected chi connectivity index (χ0v) is 18.5. The SMILES string of the molecule is CC[C@H](Nc1cc(-c2nc(NC3CCCC3)c3sccc3n2)ccn1)c1ccccc1. The van der Waals surface area contributed by atoms with Crippen LogP contribution in [-0.4, -0.2) is 21.0 Å². The standard InChI is InChI=1S/C25H27N5S/c1-2-20(17-8-4-3-5-9-17)28-22-16-18(12-14-26-22)24-29-21-13-15-31-23(21)25(30-24)27-19-10-6-7-11-19/h3-5,8-9,12-16,19-20H,2,6-7,10-11H2,1H3,(H,26,28)(H,27,29,30)/t20-/m0/s1. The number of aromatic nitrogens is 3. The summed E-state index contributed by atoms with van der Waals surface area (Å²) in [5.74, 6) is 2.54. The predicted octanol–water partition coefficient (Wildman–Crippen LogP) is 6.67. The van der Waals surface area contributed by atoms with Crippen LogP contribution < -0.4 is 10.6 Å².